The Hall–Kier alpha value is -1.78. The molecule has 0 saturated carbocycles. The van der Waals surface area contributed by atoms with Crippen LogP contribution in [0, 0.1) is 0 Å². The monoisotopic (exact) mass is 336 g/mol. The summed E-state index contributed by atoms with van der Waals surface area (Å²) in [4.78, 5) is 12.3. The van der Waals surface area contributed by atoms with E-state index in [-0.39, 0.29) is 24.2 Å². The van der Waals surface area contributed by atoms with E-state index in [0.29, 0.717) is 11.4 Å². The van der Waals surface area contributed by atoms with Crippen molar-refractivity contribution >= 4 is 34.8 Å². The van der Waals surface area contributed by atoms with Crippen molar-refractivity contribution < 1.29 is 9.21 Å². The average Bonchev–Trinajstić information content (AvgIpc) is 3.17. The summed E-state index contributed by atoms with van der Waals surface area (Å²) in [6.07, 6.45) is 2.44. The molecule has 0 bridgehead atoms. The fourth-order valence-electron chi connectivity index (χ4n) is 2.45. The van der Waals surface area contributed by atoms with Crippen molar-refractivity contribution in [3.05, 3.63) is 59.0 Å². The van der Waals surface area contributed by atoms with Crippen LogP contribution in [0.5, 0.6) is 0 Å². The minimum atomic E-state index is -0.226. The Kier molecular flexibility index (Phi) is 4.50. The van der Waals surface area contributed by atoms with Gasteiger partial charge in [0.05, 0.1) is 12.0 Å². The van der Waals surface area contributed by atoms with Crippen LogP contribution < -0.4 is 0 Å². The van der Waals surface area contributed by atoms with Gasteiger partial charge in [-0.15, -0.1) is 11.6 Å². The van der Waals surface area contributed by atoms with Crippen molar-refractivity contribution in [1.82, 2.24) is 5.01 Å². The zero-order valence-electron chi connectivity index (χ0n) is 11.7. The van der Waals surface area contributed by atoms with E-state index in [1.807, 2.05) is 30.3 Å². The minimum Gasteiger partial charge on any atom is -0.467 e. The molecule has 0 spiro atoms. The van der Waals surface area contributed by atoms with Gasteiger partial charge in [-0.05, 0) is 29.8 Å². The topological polar surface area (TPSA) is 45.8 Å². The zero-order valence-corrected chi connectivity index (χ0v) is 13.2. The number of hydrazone groups is 1. The van der Waals surface area contributed by atoms with Crippen molar-refractivity contribution in [2.75, 3.05) is 5.88 Å². The Bertz CT molecular complexity index is 681. The van der Waals surface area contributed by atoms with Gasteiger partial charge in [-0.1, -0.05) is 23.7 Å². The van der Waals surface area contributed by atoms with Gasteiger partial charge in [0.15, 0.2) is 0 Å². The van der Waals surface area contributed by atoms with E-state index in [4.69, 9.17) is 27.6 Å². The quantitative estimate of drug-likeness (QED) is 0.784. The van der Waals surface area contributed by atoms with Crippen LogP contribution in [-0.4, -0.2) is 22.5 Å². The van der Waals surface area contributed by atoms with Gasteiger partial charge in [-0.25, -0.2) is 5.01 Å². The molecule has 2 heterocycles. The van der Waals surface area contributed by atoms with Crippen molar-refractivity contribution in [3.63, 3.8) is 0 Å². The Morgan fingerprint density at radius 2 is 2.09 bits per heavy atom. The van der Waals surface area contributed by atoms with E-state index in [2.05, 4.69) is 5.10 Å². The largest absolute Gasteiger partial charge is 0.467 e. The van der Waals surface area contributed by atoms with E-state index in [9.17, 15) is 4.79 Å². The summed E-state index contributed by atoms with van der Waals surface area (Å²) in [5, 5.41) is 6.63. The number of rotatable bonds is 4. The molecule has 22 heavy (non-hydrogen) atoms. The third kappa shape index (κ3) is 3.03. The summed E-state index contributed by atoms with van der Waals surface area (Å²) < 4.78 is 5.46. The molecule has 0 unspecified atom stereocenters. The van der Waals surface area contributed by atoms with Gasteiger partial charge in [0.2, 0.25) is 5.91 Å². The summed E-state index contributed by atoms with van der Waals surface area (Å²) in [6.45, 7) is 0. The number of alkyl halides is 1. The lowest BCUT2D eigenvalue weighted by Gasteiger charge is -2.19. The van der Waals surface area contributed by atoms with E-state index < -0.39 is 0 Å². The van der Waals surface area contributed by atoms with Crippen LogP contribution >= 0.6 is 23.2 Å². The number of amides is 1. The Morgan fingerprint density at radius 1 is 1.32 bits per heavy atom. The predicted molar refractivity (Wildman–Crippen MR) is 86.2 cm³/mol. The highest BCUT2D eigenvalue weighted by atomic mass is 35.5. The number of halogens is 2. The Balaban J connectivity index is 1.91. The smallest absolute Gasteiger partial charge is 0.244 e. The fourth-order valence-corrected chi connectivity index (χ4v) is 2.74. The average molecular weight is 337 g/mol. The molecule has 0 radical (unpaired) electrons. The predicted octanol–water partition coefficient (Wildman–Crippen LogP) is 4.24. The van der Waals surface area contributed by atoms with Gasteiger partial charge < -0.3 is 4.42 Å². The Labute approximate surface area is 138 Å². The first-order chi connectivity index (χ1) is 10.7. The number of benzene rings is 1. The summed E-state index contributed by atoms with van der Waals surface area (Å²) in [6, 6.07) is 10.9. The zero-order chi connectivity index (χ0) is 15.5. The van der Waals surface area contributed by atoms with Crippen molar-refractivity contribution in [1.29, 1.82) is 0 Å². The SMILES string of the molecule is O=C(CCCl)N1N=C(c2ccc(Cl)cc2)C[C@@H]1c1ccco1. The van der Waals surface area contributed by atoms with Crippen LogP contribution in [0.1, 0.15) is 30.2 Å². The second-order valence-electron chi connectivity index (χ2n) is 4.97. The summed E-state index contributed by atoms with van der Waals surface area (Å²) >= 11 is 11.6. The normalized spacial score (nSPS) is 17.6. The van der Waals surface area contributed by atoms with Crippen molar-refractivity contribution in [2.24, 2.45) is 5.10 Å². The first kappa shape index (κ1) is 15.1. The maximum Gasteiger partial charge on any atom is 0.244 e. The van der Waals surface area contributed by atoms with Crippen LogP contribution in [-0.2, 0) is 4.79 Å². The number of hydrogen-bond acceptors (Lipinski definition) is 3. The maximum atomic E-state index is 12.3. The molecule has 1 atom stereocenters. The highest BCUT2D eigenvalue weighted by Gasteiger charge is 2.34. The molecule has 0 saturated heterocycles. The van der Waals surface area contributed by atoms with E-state index in [1.54, 1.807) is 12.3 Å². The minimum absolute atomic E-state index is 0.111. The number of carbonyl (C=O) groups is 1. The summed E-state index contributed by atoms with van der Waals surface area (Å²) in [5.41, 5.74) is 1.78. The van der Waals surface area contributed by atoms with Gasteiger partial charge in [0.25, 0.3) is 0 Å². The van der Waals surface area contributed by atoms with Crippen LogP contribution in [0.4, 0.5) is 0 Å². The third-order valence-corrected chi connectivity index (χ3v) is 3.96. The molecule has 0 fully saturated rings. The molecule has 4 nitrogen and oxygen atoms in total. The first-order valence-corrected chi connectivity index (χ1v) is 7.85. The van der Waals surface area contributed by atoms with Crippen LogP contribution in [0.2, 0.25) is 5.02 Å². The lowest BCUT2D eigenvalue weighted by molar-refractivity contribution is -0.132. The van der Waals surface area contributed by atoms with Gasteiger partial charge in [-0.2, -0.15) is 5.10 Å². The molecule has 1 amide bonds. The van der Waals surface area contributed by atoms with Crippen molar-refractivity contribution in [3.8, 4) is 0 Å². The van der Waals surface area contributed by atoms with Crippen LogP contribution in [0.25, 0.3) is 0 Å². The third-order valence-electron chi connectivity index (χ3n) is 3.52. The van der Waals surface area contributed by atoms with Gasteiger partial charge >= 0.3 is 0 Å². The fraction of sp³-hybridized carbons (Fsp3) is 0.250. The first-order valence-electron chi connectivity index (χ1n) is 6.94. The van der Waals surface area contributed by atoms with Gasteiger partial charge in [0, 0.05) is 23.7 Å². The standard InChI is InChI=1S/C16H14Cl2N2O2/c17-8-7-16(21)20-14(15-2-1-9-22-15)10-13(19-20)11-3-5-12(18)6-4-11/h1-6,9,14H,7-8,10H2/t14-/m1/s1. The van der Waals surface area contributed by atoms with E-state index in [1.165, 1.54) is 5.01 Å². The van der Waals surface area contributed by atoms with E-state index in [0.717, 1.165) is 17.0 Å². The molecule has 1 aliphatic heterocycles. The lowest BCUT2D eigenvalue weighted by atomic mass is 10.0. The van der Waals surface area contributed by atoms with Crippen molar-refractivity contribution in [2.45, 2.75) is 18.9 Å². The van der Waals surface area contributed by atoms with E-state index >= 15 is 0 Å². The molecule has 2 aromatic rings. The highest BCUT2D eigenvalue weighted by molar-refractivity contribution is 6.30. The molecule has 3 rings (SSSR count). The highest BCUT2D eigenvalue weighted by Crippen LogP contribution is 2.33. The second kappa shape index (κ2) is 6.55. The summed E-state index contributed by atoms with van der Waals surface area (Å²) in [7, 11) is 0. The maximum absolute atomic E-state index is 12.3. The lowest BCUT2D eigenvalue weighted by Crippen LogP contribution is -2.26. The number of carbonyl (C=O) groups excluding carboxylic acids is 1. The van der Waals surface area contributed by atoms with Crippen LogP contribution in [0.15, 0.2) is 52.2 Å². The van der Waals surface area contributed by atoms with Gasteiger partial charge in [-0.3, -0.25) is 4.79 Å². The molecule has 1 aliphatic rings. The molecular weight excluding hydrogens is 323 g/mol. The van der Waals surface area contributed by atoms with Gasteiger partial charge in [0.1, 0.15) is 11.8 Å². The molecule has 0 aliphatic carbocycles. The molecule has 1 aromatic carbocycles. The molecule has 0 N–H and O–H groups in total. The number of furan rings is 1. The molecule has 1 aromatic heterocycles. The molecule has 114 valence electrons. The second-order valence-corrected chi connectivity index (χ2v) is 5.78. The molecule has 6 heteroatoms. The number of hydrogen-bond donors (Lipinski definition) is 0. The summed E-state index contributed by atoms with van der Waals surface area (Å²) in [5.74, 6) is 0.877. The number of nitrogens with zero attached hydrogens (tertiary/aromatic N) is 2. The Morgan fingerprint density at radius 3 is 2.73 bits per heavy atom. The molecular formula is C16H14Cl2N2O2. The van der Waals surface area contributed by atoms with Crippen LogP contribution in [0.3, 0.4) is 0 Å².